The van der Waals surface area contributed by atoms with Gasteiger partial charge in [0.25, 0.3) is 5.91 Å². The van der Waals surface area contributed by atoms with Crippen molar-refractivity contribution < 1.29 is 19.5 Å². The molecule has 1 unspecified atom stereocenters. The zero-order valence-electron chi connectivity index (χ0n) is 11.5. The topological polar surface area (TPSA) is 95.5 Å². The molecule has 0 saturated heterocycles. The highest BCUT2D eigenvalue weighted by atomic mass is 32.1. The van der Waals surface area contributed by atoms with Crippen LogP contribution in [0.3, 0.4) is 0 Å². The number of aliphatic carboxylic acids is 1. The number of amides is 2. The van der Waals surface area contributed by atoms with Crippen LogP contribution in [0.5, 0.6) is 0 Å². The normalized spacial score (nSPS) is 15.2. The second-order valence-corrected chi connectivity index (χ2v) is 5.87. The van der Waals surface area contributed by atoms with Gasteiger partial charge < -0.3 is 15.7 Å². The number of carbonyl (C=O) groups excluding carboxylic acids is 2. The van der Waals surface area contributed by atoms with Gasteiger partial charge in [0.2, 0.25) is 5.91 Å². The van der Waals surface area contributed by atoms with E-state index < -0.39 is 12.0 Å². The molecule has 1 atom stereocenters. The summed E-state index contributed by atoms with van der Waals surface area (Å²) >= 11 is 1.45. The molecule has 1 fully saturated rings. The van der Waals surface area contributed by atoms with Gasteiger partial charge in [-0.3, -0.25) is 9.59 Å². The van der Waals surface area contributed by atoms with Crippen molar-refractivity contribution in [1.29, 1.82) is 0 Å². The lowest BCUT2D eigenvalue weighted by Gasteiger charge is -2.13. The van der Waals surface area contributed by atoms with Crippen molar-refractivity contribution in [1.82, 2.24) is 10.6 Å². The minimum Gasteiger partial charge on any atom is -0.480 e. The highest BCUT2D eigenvalue weighted by Crippen LogP contribution is 2.32. The van der Waals surface area contributed by atoms with E-state index in [1.54, 1.807) is 11.4 Å². The third-order valence-corrected chi connectivity index (χ3v) is 4.01. The van der Waals surface area contributed by atoms with Crippen LogP contribution < -0.4 is 10.6 Å². The summed E-state index contributed by atoms with van der Waals surface area (Å²) in [5, 5.41) is 17.9. The molecule has 2 rings (SSSR count). The standard InChI is InChI=1S/C14H18N2O4S/c17-11(16-12(14(19)20)9-3-4-9)2-1-6-15-13(18)10-5-7-21-8-10/h5,7-9,12H,1-4,6H2,(H,15,18)(H,16,17)(H,19,20). The van der Waals surface area contributed by atoms with Gasteiger partial charge in [-0.2, -0.15) is 11.3 Å². The summed E-state index contributed by atoms with van der Waals surface area (Å²) in [5.74, 6) is -1.33. The molecule has 1 aromatic rings. The van der Waals surface area contributed by atoms with E-state index in [-0.39, 0.29) is 24.2 Å². The fourth-order valence-electron chi connectivity index (χ4n) is 2.00. The van der Waals surface area contributed by atoms with E-state index in [0.29, 0.717) is 18.5 Å². The summed E-state index contributed by atoms with van der Waals surface area (Å²) in [4.78, 5) is 34.3. The number of carboxylic acid groups (broad SMARTS) is 1. The predicted molar refractivity (Wildman–Crippen MR) is 78.2 cm³/mol. The first-order chi connectivity index (χ1) is 10.1. The molecule has 0 bridgehead atoms. The fraction of sp³-hybridized carbons (Fsp3) is 0.500. The number of rotatable bonds is 8. The number of hydrogen-bond donors (Lipinski definition) is 3. The van der Waals surface area contributed by atoms with Crippen molar-refractivity contribution in [2.75, 3.05) is 6.54 Å². The molecule has 1 aliphatic rings. The van der Waals surface area contributed by atoms with Crippen molar-refractivity contribution in [3.63, 3.8) is 0 Å². The van der Waals surface area contributed by atoms with E-state index in [0.717, 1.165) is 12.8 Å². The molecule has 3 N–H and O–H groups in total. The summed E-state index contributed by atoms with van der Waals surface area (Å²) in [7, 11) is 0. The zero-order valence-corrected chi connectivity index (χ0v) is 12.3. The molecule has 7 heteroatoms. The summed E-state index contributed by atoms with van der Waals surface area (Å²) in [6.07, 6.45) is 2.40. The van der Waals surface area contributed by atoms with Crippen LogP contribution in [0.15, 0.2) is 16.8 Å². The van der Waals surface area contributed by atoms with Crippen LogP contribution in [0.25, 0.3) is 0 Å². The van der Waals surface area contributed by atoms with Crippen molar-refractivity contribution in [2.24, 2.45) is 5.92 Å². The maximum Gasteiger partial charge on any atom is 0.326 e. The third kappa shape index (κ3) is 4.86. The predicted octanol–water partition coefficient (Wildman–Crippen LogP) is 1.24. The first-order valence-corrected chi connectivity index (χ1v) is 7.85. The molecule has 0 aromatic carbocycles. The van der Waals surface area contributed by atoms with Crippen molar-refractivity contribution in [3.8, 4) is 0 Å². The van der Waals surface area contributed by atoms with E-state index >= 15 is 0 Å². The summed E-state index contributed by atoms with van der Waals surface area (Å²) in [6, 6.07) is 0.970. The molecule has 0 aliphatic heterocycles. The fourth-order valence-corrected chi connectivity index (χ4v) is 2.64. The Hall–Kier alpha value is -1.89. The Morgan fingerprint density at radius 3 is 2.71 bits per heavy atom. The maximum absolute atomic E-state index is 11.7. The van der Waals surface area contributed by atoms with Crippen molar-refractivity contribution >= 4 is 29.1 Å². The van der Waals surface area contributed by atoms with Gasteiger partial charge in [-0.25, -0.2) is 4.79 Å². The number of hydrogen-bond acceptors (Lipinski definition) is 4. The van der Waals surface area contributed by atoms with E-state index in [9.17, 15) is 14.4 Å². The van der Waals surface area contributed by atoms with Crippen LogP contribution >= 0.6 is 11.3 Å². The molecule has 1 saturated carbocycles. The van der Waals surface area contributed by atoms with Gasteiger partial charge in [0.1, 0.15) is 6.04 Å². The number of carboxylic acids is 1. The van der Waals surface area contributed by atoms with Crippen molar-refractivity contribution in [3.05, 3.63) is 22.4 Å². The summed E-state index contributed by atoms with van der Waals surface area (Å²) < 4.78 is 0. The molecule has 114 valence electrons. The Kier molecular flexibility index (Phi) is 5.32. The molecule has 6 nitrogen and oxygen atoms in total. The molecule has 21 heavy (non-hydrogen) atoms. The van der Waals surface area contributed by atoms with Gasteiger partial charge in [0, 0.05) is 23.9 Å². The highest BCUT2D eigenvalue weighted by Gasteiger charge is 2.37. The molecule has 1 aromatic heterocycles. The maximum atomic E-state index is 11.7. The molecule has 1 heterocycles. The van der Waals surface area contributed by atoms with Crippen molar-refractivity contribution in [2.45, 2.75) is 31.7 Å². The number of carbonyl (C=O) groups is 3. The minimum atomic E-state index is -0.975. The Bertz CT molecular complexity index is 511. The summed E-state index contributed by atoms with van der Waals surface area (Å²) in [5.41, 5.74) is 0.615. The molecule has 2 amide bonds. The van der Waals surface area contributed by atoms with E-state index in [4.69, 9.17) is 5.11 Å². The Morgan fingerprint density at radius 2 is 2.14 bits per heavy atom. The molecular formula is C14H18N2O4S. The number of thiophene rings is 1. The third-order valence-electron chi connectivity index (χ3n) is 3.33. The SMILES string of the molecule is O=C(CCCNC(=O)c1ccsc1)NC(C(=O)O)C1CC1. The van der Waals surface area contributed by atoms with Gasteiger partial charge in [-0.05, 0) is 36.6 Å². The van der Waals surface area contributed by atoms with E-state index in [1.165, 1.54) is 11.3 Å². The zero-order chi connectivity index (χ0) is 15.2. The van der Waals surface area contributed by atoms with Crippen LogP contribution in [-0.2, 0) is 9.59 Å². The van der Waals surface area contributed by atoms with Gasteiger partial charge in [0.05, 0.1) is 0 Å². The second kappa shape index (κ2) is 7.21. The monoisotopic (exact) mass is 310 g/mol. The van der Waals surface area contributed by atoms with E-state index in [2.05, 4.69) is 10.6 Å². The van der Waals surface area contributed by atoms with Crippen LogP contribution in [0.1, 0.15) is 36.0 Å². The first-order valence-electron chi connectivity index (χ1n) is 6.90. The largest absolute Gasteiger partial charge is 0.480 e. The smallest absolute Gasteiger partial charge is 0.326 e. The number of nitrogens with one attached hydrogen (secondary N) is 2. The molecule has 0 spiro atoms. The molecular weight excluding hydrogens is 292 g/mol. The Balaban J connectivity index is 1.63. The van der Waals surface area contributed by atoms with Gasteiger partial charge >= 0.3 is 5.97 Å². The van der Waals surface area contributed by atoms with Gasteiger partial charge in [0.15, 0.2) is 0 Å². The Morgan fingerprint density at radius 1 is 1.38 bits per heavy atom. The van der Waals surface area contributed by atoms with Crippen LogP contribution in [0.2, 0.25) is 0 Å². The quantitative estimate of drug-likeness (QED) is 0.629. The lowest BCUT2D eigenvalue weighted by molar-refractivity contribution is -0.142. The molecule has 0 radical (unpaired) electrons. The Labute approximate surface area is 126 Å². The average molecular weight is 310 g/mol. The van der Waals surface area contributed by atoms with Gasteiger partial charge in [-0.1, -0.05) is 0 Å². The summed E-state index contributed by atoms with van der Waals surface area (Å²) in [6.45, 7) is 0.392. The molecule has 1 aliphatic carbocycles. The van der Waals surface area contributed by atoms with Crippen LogP contribution in [-0.4, -0.2) is 35.5 Å². The lowest BCUT2D eigenvalue weighted by Crippen LogP contribution is -2.42. The van der Waals surface area contributed by atoms with Gasteiger partial charge in [-0.15, -0.1) is 0 Å². The second-order valence-electron chi connectivity index (χ2n) is 5.09. The van der Waals surface area contributed by atoms with E-state index in [1.807, 2.05) is 5.38 Å². The first kappa shape index (κ1) is 15.5. The lowest BCUT2D eigenvalue weighted by atomic mass is 10.1. The highest BCUT2D eigenvalue weighted by molar-refractivity contribution is 7.08. The van der Waals surface area contributed by atoms with Crippen LogP contribution in [0.4, 0.5) is 0 Å². The minimum absolute atomic E-state index is 0.0738. The average Bonchev–Trinajstić information content (AvgIpc) is 3.13. The van der Waals surface area contributed by atoms with Crippen LogP contribution in [0, 0.1) is 5.92 Å².